The van der Waals surface area contributed by atoms with E-state index in [1.54, 1.807) is 0 Å². The van der Waals surface area contributed by atoms with Crippen LogP contribution in [0.4, 0.5) is 0 Å². The second kappa shape index (κ2) is 10.2. The monoisotopic (exact) mass is 261 g/mol. The zero-order valence-electron chi connectivity index (χ0n) is 12.0. The van der Waals surface area contributed by atoms with E-state index in [9.17, 15) is 0 Å². The molecule has 1 nitrogen and oxygen atoms in total. The van der Waals surface area contributed by atoms with E-state index >= 15 is 0 Å². The minimum atomic E-state index is 0. The zero-order chi connectivity index (χ0) is 11.7. The number of hydrogen-bond donors (Lipinski definition) is 0. The standard InChI is InChI=1S/C15H32N.ClH/c1-3-5-7-8-9-13-16(12-6-4-2)14-10-11-15-16;/h3-15H2,1-2H3;1H/q+1;/p-1. The maximum atomic E-state index is 2.33. The average molecular weight is 262 g/mol. The third kappa shape index (κ3) is 6.67. The molecule has 0 atom stereocenters. The number of quaternary nitrogens is 1. The molecule has 0 unspecified atom stereocenters. The van der Waals surface area contributed by atoms with Gasteiger partial charge in [-0.15, -0.1) is 0 Å². The third-order valence-corrected chi connectivity index (χ3v) is 4.24. The van der Waals surface area contributed by atoms with Gasteiger partial charge >= 0.3 is 0 Å². The summed E-state index contributed by atoms with van der Waals surface area (Å²) in [5.41, 5.74) is 0. The molecule has 0 aliphatic carbocycles. The Morgan fingerprint density at radius 3 is 1.82 bits per heavy atom. The van der Waals surface area contributed by atoms with Crippen LogP contribution in [-0.2, 0) is 0 Å². The van der Waals surface area contributed by atoms with E-state index in [0.717, 1.165) is 0 Å². The Morgan fingerprint density at radius 1 is 0.706 bits per heavy atom. The molecule has 0 N–H and O–H groups in total. The van der Waals surface area contributed by atoms with Gasteiger partial charge in [-0.1, -0.05) is 39.5 Å². The topological polar surface area (TPSA) is 0 Å². The summed E-state index contributed by atoms with van der Waals surface area (Å²) in [7, 11) is 0. The van der Waals surface area contributed by atoms with Gasteiger partial charge in [-0.3, -0.25) is 0 Å². The highest BCUT2D eigenvalue weighted by molar-refractivity contribution is 4.56. The molecular weight excluding hydrogens is 230 g/mol. The van der Waals surface area contributed by atoms with Crippen LogP contribution in [-0.4, -0.2) is 30.7 Å². The van der Waals surface area contributed by atoms with Crippen molar-refractivity contribution in [3.63, 3.8) is 0 Å². The minimum absolute atomic E-state index is 0. The molecule has 1 saturated heterocycles. The molecule has 1 aliphatic heterocycles. The van der Waals surface area contributed by atoms with Gasteiger partial charge in [0.25, 0.3) is 0 Å². The molecule has 1 rings (SSSR count). The Morgan fingerprint density at radius 2 is 1.24 bits per heavy atom. The molecule has 104 valence electrons. The van der Waals surface area contributed by atoms with Crippen molar-refractivity contribution in [3.05, 3.63) is 0 Å². The third-order valence-electron chi connectivity index (χ3n) is 4.24. The van der Waals surface area contributed by atoms with Crippen LogP contribution in [0.1, 0.15) is 71.6 Å². The number of nitrogens with zero attached hydrogens (tertiary/aromatic N) is 1. The van der Waals surface area contributed by atoms with Crippen molar-refractivity contribution in [3.8, 4) is 0 Å². The summed E-state index contributed by atoms with van der Waals surface area (Å²) >= 11 is 0. The first-order valence-electron chi connectivity index (χ1n) is 7.68. The summed E-state index contributed by atoms with van der Waals surface area (Å²) < 4.78 is 1.47. The molecule has 1 fully saturated rings. The molecule has 1 heterocycles. The van der Waals surface area contributed by atoms with Gasteiger partial charge in [0.05, 0.1) is 26.2 Å². The summed E-state index contributed by atoms with van der Waals surface area (Å²) in [5, 5.41) is 0. The van der Waals surface area contributed by atoms with Crippen molar-refractivity contribution in [1.82, 2.24) is 0 Å². The highest BCUT2D eigenvalue weighted by atomic mass is 35.5. The van der Waals surface area contributed by atoms with E-state index in [1.807, 2.05) is 0 Å². The minimum Gasteiger partial charge on any atom is -1.00 e. The van der Waals surface area contributed by atoms with Crippen molar-refractivity contribution in [2.75, 3.05) is 26.2 Å². The van der Waals surface area contributed by atoms with Crippen LogP contribution in [0.15, 0.2) is 0 Å². The molecule has 0 aromatic carbocycles. The van der Waals surface area contributed by atoms with E-state index in [0.29, 0.717) is 0 Å². The lowest BCUT2D eigenvalue weighted by molar-refractivity contribution is -0.917. The number of rotatable bonds is 9. The fourth-order valence-electron chi connectivity index (χ4n) is 3.11. The van der Waals surface area contributed by atoms with Crippen molar-refractivity contribution in [2.24, 2.45) is 0 Å². The van der Waals surface area contributed by atoms with Gasteiger partial charge < -0.3 is 16.9 Å². The van der Waals surface area contributed by atoms with Crippen LogP contribution in [0, 0.1) is 0 Å². The Hall–Kier alpha value is 0.250. The molecule has 0 amide bonds. The van der Waals surface area contributed by atoms with Gasteiger partial charge in [0, 0.05) is 12.8 Å². The van der Waals surface area contributed by atoms with Crippen LogP contribution in [0.2, 0.25) is 0 Å². The van der Waals surface area contributed by atoms with E-state index < -0.39 is 0 Å². The first kappa shape index (κ1) is 17.2. The summed E-state index contributed by atoms with van der Waals surface area (Å²) in [5.74, 6) is 0. The quantitative estimate of drug-likeness (QED) is 0.435. The Balaban J connectivity index is 0.00000256. The average Bonchev–Trinajstić information content (AvgIpc) is 2.76. The second-order valence-electron chi connectivity index (χ2n) is 5.71. The molecule has 0 radical (unpaired) electrons. The summed E-state index contributed by atoms with van der Waals surface area (Å²) in [6.07, 6.45) is 13.0. The first-order valence-corrected chi connectivity index (χ1v) is 7.68. The van der Waals surface area contributed by atoms with Crippen LogP contribution in [0.5, 0.6) is 0 Å². The molecule has 17 heavy (non-hydrogen) atoms. The number of likely N-dealkylation sites (tertiary alicyclic amines) is 1. The van der Waals surface area contributed by atoms with E-state index in [1.165, 1.54) is 88.4 Å². The van der Waals surface area contributed by atoms with Crippen LogP contribution < -0.4 is 12.4 Å². The highest BCUT2D eigenvalue weighted by Gasteiger charge is 2.30. The van der Waals surface area contributed by atoms with Crippen LogP contribution in [0.3, 0.4) is 0 Å². The number of halogens is 1. The summed E-state index contributed by atoms with van der Waals surface area (Å²) in [4.78, 5) is 0. The number of hydrogen-bond acceptors (Lipinski definition) is 0. The van der Waals surface area contributed by atoms with Gasteiger partial charge in [-0.05, 0) is 19.3 Å². The molecule has 0 spiro atoms. The van der Waals surface area contributed by atoms with Crippen molar-refractivity contribution in [2.45, 2.75) is 71.6 Å². The Kier molecular flexibility index (Phi) is 10.3. The van der Waals surface area contributed by atoms with Gasteiger partial charge in [-0.25, -0.2) is 0 Å². The van der Waals surface area contributed by atoms with E-state index in [-0.39, 0.29) is 12.4 Å². The predicted octanol–water partition coefficient (Wildman–Crippen LogP) is 1.37. The molecule has 2 heteroatoms. The normalized spacial score (nSPS) is 18.0. The summed E-state index contributed by atoms with van der Waals surface area (Å²) in [6.45, 7) is 10.5. The summed E-state index contributed by atoms with van der Waals surface area (Å²) in [6, 6.07) is 0. The lowest BCUT2D eigenvalue weighted by Crippen LogP contribution is -3.00. The lowest BCUT2D eigenvalue weighted by Gasteiger charge is -2.34. The van der Waals surface area contributed by atoms with Gasteiger partial charge in [0.15, 0.2) is 0 Å². The maximum Gasteiger partial charge on any atom is 0.0788 e. The molecule has 0 saturated carbocycles. The molecule has 0 aromatic heterocycles. The fourth-order valence-corrected chi connectivity index (χ4v) is 3.11. The van der Waals surface area contributed by atoms with Crippen LogP contribution in [0.25, 0.3) is 0 Å². The predicted molar refractivity (Wildman–Crippen MR) is 72.6 cm³/mol. The smallest absolute Gasteiger partial charge is 0.0788 e. The van der Waals surface area contributed by atoms with Gasteiger partial charge in [0.1, 0.15) is 0 Å². The van der Waals surface area contributed by atoms with Crippen molar-refractivity contribution >= 4 is 0 Å². The van der Waals surface area contributed by atoms with Crippen molar-refractivity contribution < 1.29 is 16.9 Å². The lowest BCUT2D eigenvalue weighted by atomic mass is 10.1. The Bertz CT molecular complexity index is 164. The molecular formula is C15H32ClN. The van der Waals surface area contributed by atoms with Gasteiger partial charge in [-0.2, -0.15) is 0 Å². The first-order chi connectivity index (χ1) is 7.83. The van der Waals surface area contributed by atoms with E-state index in [2.05, 4.69) is 13.8 Å². The maximum absolute atomic E-state index is 2.33. The van der Waals surface area contributed by atoms with Crippen molar-refractivity contribution in [1.29, 1.82) is 0 Å². The number of unbranched alkanes of at least 4 members (excludes halogenated alkanes) is 5. The Labute approximate surface area is 115 Å². The van der Waals surface area contributed by atoms with Crippen LogP contribution >= 0.6 is 0 Å². The van der Waals surface area contributed by atoms with E-state index in [4.69, 9.17) is 0 Å². The zero-order valence-corrected chi connectivity index (χ0v) is 12.8. The molecule has 1 aliphatic rings. The molecule has 0 aromatic rings. The second-order valence-corrected chi connectivity index (χ2v) is 5.71. The highest BCUT2D eigenvalue weighted by Crippen LogP contribution is 2.22. The SMILES string of the molecule is CCCCCCC[N+]1(CCCC)CCCC1.[Cl-]. The molecule has 0 bridgehead atoms. The fraction of sp³-hybridized carbons (Fsp3) is 1.00. The van der Waals surface area contributed by atoms with Gasteiger partial charge in [0.2, 0.25) is 0 Å². The largest absolute Gasteiger partial charge is 1.00 e.